The lowest BCUT2D eigenvalue weighted by molar-refractivity contribution is -0.141. The summed E-state index contributed by atoms with van der Waals surface area (Å²) in [7, 11) is 0. The summed E-state index contributed by atoms with van der Waals surface area (Å²) in [5.41, 5.74) is 0. The molecule has 1 aliphatic heterocycles. The van der Waals surface area contributed by atoms with E-state index in [1.807, 2.05) is 18.7 Å². The van der Waals surface area contributed by atoms with Crippen molar-refractivity contribution in [1.82, 2.24) is 9.80 Å². The average Bonchev–Trinajstić information content (AvgIpc) is 2.79. The number of hydrogen-bond donors (Lipinski definition) is 1. The molecule has 0 aromatic carbocycles. The second-order valence-electron chi connectivity index (χ2n) is 4.79. The Morgan fingerprint density at radius 1 is 1.33 bits per heavy atom. The summed E-state index contributed by atoms with van der Waals surface area (Å²) in [6.07, 6.45) is 2.12. The van der Waals surface area contributed by atoms with E-state index in [4.69, 9.17) is 5.11 Å². The Kier molecular flexibility index (Phi) is 6.12. The van der Waals surface area contributed by atoms with E-state index in [-0.39, 0.29) is 11.8 Å². The van der Waals surface area contributed by atoms with Gasteiger partial charge in [0.05, 0.1) is 5.92 Å². The molecular formula is C13H24N2O3. The van der Waals surface area contributed by atoms with Crippen molar-refractivity contribution in [2.75, 3.05) is 32.7 Å². The molecule has 1 atom stereocenters. The first-order valence-corrected chi connectivity index (χ1v) is 6.81. The summed E-state index contributed by atoms with van der Waals surface area (Å²) in [5.74, 6) is -0.714. The Hall–Kier alpha value is -1.10. The van der Waals surface area contributed by atoms with Gasteiger partial charge >= 0.3 is 5.97 Å². The number of hydrogen-bond acceptors (Lipinski definition) is 3. The molecule has 1 N–H and O–H groups in total. The van der Waals surface area contributed by atoms with Crippen LogP contribution in [0.25, 0.3) is 0 Å². The highest BCUT2D eigenvalue weighted by atomic mass is 16.4. The van der Waals surface area contributed by atoms with Gasteiger partial charge in [0.2, 0.25) is 5.91 Å². The van der Waals surface area contributed by atoms with Gasteiger partial charge in [0.15, 0.2) is 0 Å². The van der Waals surface area contributed by atoms with Gasteiger partial charge in [-0.15, -0.1) is 0 Å². The Bertz CT molecular complexity index is 290. The van der Waals surface area contributed by atoms with Crippen LogP contribution in [0.1, 0.15) is 33.1 Å². The minimum absolute atomic E-state index is 0.203. The maximum atomic E-state index is 11.8. The Balaban J connectivity index is 2.19. The van der Waals surface area contributed by atoms with Crippen molar-refractivity contribution in [2.24, 2.45) is 5.92 Å². The van der Waals surface area contributed by atoms with E-state index in [0.29, 0.717) is 13.0 Å². The molecule has 0 aliphatic carbocycles. The number of carboxylic acids is 1. The molecule has 18 heavy (non-hydrogen) atoms. The molecule has 5 heteroatoms. The molecule has 104 valence electrons. The maximum absolute atomic E-state index is 11.8. The van der Waals surface area contributed by atoms with E-state index in [2.05, 4.69) is 4.90 Å². The van der Waals surface area contributed by atoms with E-state index in [1.165, 1.54) is 0 Å². The van der Waals surface area contributed by atoms with Gasteiger partial charge in [0.1, 0.15) is 0 Å². The van der Waals surface area contributed by atoms with Crippen LogP contribution in [-0.2, 0) is 9.59 Å². The van der Waals surface area contributed by atoms with Crippen molar-refractivity contribution in [3.05, 3.63) is 0 Å². The highest BCUT2D eigenvalue weighted by molar-refractivity contribution is 5.76. The monoisotopic (exact) mass is 256 g/mol. The molecule has 0 saturated carbocycles. The van der Waals surface area contributed by atoms with E-state index >= 15 is 0 Å². The largest absolute Gasteiger partial charge is 0.481 e. The zero-order chi connectivity index (χ0) is 13.5. The highest BCUT2D eigenvalue weighted by Crippen LogP contribution is 2.16. The fourth-order valence-electron chi connectivity index (χ4n) is 2.43. The van der Waals surface area contributed by atoms with Crippen molar-refractivity contribution in [3.8, 4) is 0 Å². The molecular weight excluding hydrogens is 232 g/mol. The van der Waals surface area contributed by atoms with Crippen LogP contribution in [0, 0.1) is 5.92 Å². The van der Waals surface area contributed by atoms with E-state index in [1.54, 1.807) is 0 Å². The maximum Gasteiger partial charge on any atom is 0.307 e. The molecule has 1 saturated heterocycles. The zero-order valence-corrected chi connectivity index (χ0v) is 11.4. The summed E-state index contributed by atoms with van der Waals surface area (Å²) in [5, 5.41) is 8.89. The first-order valence-electron chi connectivity index (χ1n) is 6.81. The molecule has 1 heterocycles. The number of aliphatic carboxylic acids is 1. The van der Waals surface area contributed by atoms with Crippen LogP contribution in [0.5, 0.6) is 0 Å². The highest BCUT2D eigenvalue weighted by Gasteiger charge is 2.27. The summed E-state index contributed by atoms with van der Waals surface area (Å²) < 4.78 is 0. The molecule has 1 unspecified atom stereocenters. The van der Waals surface area contributed by atoms with Crippen LogP contribution in [0.2, 0.25) is 0 Å². The number of amides is 1. The molecule has 0 aromatic rings. The number of carbonyl (C=O) groups excluding carboxylic acids is 1. The lowest BCUT2D eigenvalue weighted by Gasteiger charge is -2.20. The molecule has 1 fully saturated rings. The summed E-state index contributed by atoms with van der Waals surface area (Å²) in [6, 6.07) is 0. The van der Waals surface area contributed by atoms with Crippen molar-refractivity contribution >= 4 is 11.9 Å². The fraction of sp³-hybridized carbons (Fsp3) is 0.846. The van der Waals surface area contributed by atoms with E-state index in [9.17, 15) is 9.59 Å². The Labute approximate surface area is 109 Å². The van der Waals surface area contributed by atoms with Crippen LogP contribution < -0.4 is 0 Å². The van der Waals surface area contributed by atoms with Gasteiger partial charge < -0.3 is 14.9 Å². The third kappa shape index (κ3) is 4.29. The smallest absolute Gasteiger partial charge is 0.307 e. The van der Waals surface area contributed by atoms with Gasteiger partial charge in [-0.05, 0) is 39.8 Å². The van der Waals surface area contributed by atoms with Gasteiger partial charge in [-0.2, -0.15) is 0 Å². The van der Waals surface area contributed by atoms with E-state index < -0.39 is 5.97 Å². The number of likely N-dealkylation sites (tertiary alicyclic amines) is 1. The second kappa shape index (κ2) is 7.36. The van der Waals surface area contributed by atoms with Gasteiger partial charge in [0, 0.05) is 26.1 Å². The van der Waals surface area contributed by atoms with E-state index in [0.717, 1.165) is 39.0 Å². The van der Waals surface area contributed by atoms with Gasteiger partial charge in [-0.25, -0.2) is 0 Å². The first-order chi connectivity index (χ1) is 8.58. The number of nitrogens with zero attached hydrogens (tertiary/aromatic N) is 2. The standard InChI is InChI=1S/C13H24N2O3/c1-3-15(4-2)12(16)6-5-8-14-9-7-11(10-14)13(17)18/h11H,3-10H2,1-2H3,(H,17,18). The van der Waals surface area contributed by atoms with Crippen molar-refractivity contribution in [3.63, 3.8) is 0 Å². The lowest BCUT2D eigenvalue weighted by atomic mass is 10.1. The topological polar surface area (TPSA) is 60.9 Å². The third-order valence-corrected chi connectivity index (χ3v) is 3.60. The lowest BCUT2D eigenvalue weighted by Crippen LogP contribution is -2.31. The summed E-state index contributed by atoms with van der Waals surface area (Å²) >= 11 is 0. The van der Waals surface area contributed by atoms with Gasteiger partial charge in [-0.1, -0.05) is 0 Å². The molecule has 1 rings (SSSR count). The normalized spacial score (nSPS) is 20.0. The molecule has 0 bridgehead atoms. The molecule has 0 spiro atoms. The van der Waals surface area contributed by atoms with Crippen molar-refractivity contribution in [1.29, 1.82) is 0 Å². The van der Waals surface area contributed by atoms with Gasteiger partial charge in [0.25, 0.3) is 0 Å². The van der Waals surface area contributed by atoms with Crippen LogP contribution in [0.4, 0.5) is 0 Å². The van der Waals surface area contributed by atoms with Crippen LogP contribution >= 0.6 is 0 Å². The summed E-state index contributed by atoms with van der Waals surface area (Å²) in [6.45, 7) is 7.81. The molecule has 1 aliphatic rings. The Morgan fingerprint density at radius 3 is 2.50 bits per heavy atom. The molecule has 5 nitrogen and oxygen atoms in total. The molecule has 0 radical (unpaired) electrons. The number of carbonyl (C=O) groups is 2. The Morgan fingerprint density at radius 2 is 2.00 bits per heavy atom. The fourth-order valence-corrected chi connectivity index (χ4v) is 2.43. The van der Waals surface area contributed by atoms with Crippen molar-refractivity contribution < 1.29 is 14.7 Å². The molecule has 0 aromatic heterocycles. The van der Waals surface area contributed by atoms with Crippen LogP contribution in [0.3, 0.4) is 0 Å². The second-order valence-corrected chi connectivity index (χ2v) is 4.79. The number of carboxylic acid groups (broad SMARTS) is 1. The minimum Gasteiger partial charge on any atom is -0.481 e. The third-order valence-electron chi connectivity index (χ3n) is 3.60. The SMILES string of the molecule is CCN(CC)C(=O)CCCN1CCC(C(=O)O)C1. The number of rotatable bonds is 7. The zero-order valence-electron chi connectivity index (χ0n) is 11.4. The first kappa shape index (κ1) is 15.0. The predicted molar refractivity (Wildman–Crippen MR) is 69.3 cm³/mol. The predicted octanol–water partition coefficient (Wildman–Crippen LogP) is 1.04. The average molecular weight is 256 g/mol. The molecule has 1 amide bonds. The minimum atomic E-state index is -0.697. The summed E-state index contributed by atoms with van der Waals surface area (Å²) in [4.78, 5) is 26.6. The van der Waals surface area contributed by atoms with Gasteiger partial charge in [-0.3, -0.25) is 9.59 Å². The quantitative estimate of drug-likeness (QED) is 0.739. The van der Waals surface area contributed by atoms with Crippen LogP contribution in [-0.4, -0.2) is 59.5 Å². The van der Waals surface area contributed by atoms with Crippen LogP contribution in [0.15, 0.2) is 0 Å². The van der Waals surface area contributed by atoms with Crippen molar-refractivity contribution in [2.45, 2.75) is 33.1 Å².